The minimum atomic E-state index is -3.39. The second kappa shape index (κ2) is 8.59. The summed E-state index contributed by atoms with van der Waals surface area (Å²) in [6.07, 6.45) is 1.85. The number of anilines is 1. The third-order valence-electron chi connectivity index (χ3n) is 6.13. The number of piperazine rings is 1. The van der Waals surface area contributed by atoms with Crippen molar-refractivity contribution >= 4 is 21.8 Å². The summed E-state index contributed by atoms with van der Waals surface area (Å²) in [6, 6.07) is 5.85. The molecule has 0 unspecified atom stereocenters. The lowest BCUT2D eigenvalue weighted by atomic mass is 10.0. The minimum absolute atomic E-state index is 0.0178. The molecule has 160 valence electrons. The first-order valence-electron chi connectivity index (χ1n) is 10.5. The van der Waals surface area contributed by atoms with Gasteiger partial charge in [-0.2, -0.15) is 17.0 Å². The van der Waals surface area contributed by atoms with Gasteiger partial charge in [-0.25, -0.2) is 0 Å². The summed E-state index contributed by atoms with van der Waals surface area (Å²) in [4.78, 5) is 17.2. The van der Waals surface area contributed by atoms with Gasteiger partial charge in [0.2, 0.25) is 0 Å². The van der Waals surface area contributed by atoms with Crippen LogP contribution in [0, 0.1) is 6.92 Å². The molecule has 4 rings (SSSR count). The minimum Gasteiger partial charge on any atom is -0.378 e. The Morgan fingerprint density at radius 1 is 0.897 bits per heavy atom. The summed E-state index contributed by atoms with van der Waals surface area (Å²) >= 11 is 0. The monoisotopic (exact) mass is 422 g/mol. The van der Waals surface area contributed by atoms with Crippen LogP contribution < -0.4 is 4.90 Å². The van der Waals surface area contributed by atoms with Crippen LogP contribution in [0.15, 0.2) is 18.2 Å². The van der Waals surface area contributed by atoms with Gasteiger partial charge in [0.05, 0.1) is 13.2 Å². The van der Waals surface area contributed by atoms with Crippen LogP contribution in [0.1, 0.15) is 28.8 Å². The number of nitrogens with zero attached hydrogens (tertiary/aromatic N) is 4. The van der Waals surface area contributed by atoms with Gasteiger partial charge in [0, 0.05) is 63.6 Å². The van der Waals surface area contributed by atoms with Crippen LogP contribution in [0.2, 0.25) is 0 Å². The third kappa shape index (κ3) is 4.14. The summed E-state index contributed by atoms with van der Waals surface area (Å²) in [5, 5.41) is 0. The van der Waals surface area contributed by atoms with Crippen LogP contribution in [0.5, 0.6) is 0 Å². The van der Waals surface area contributed by atoms with Crippen molar-refractivity contribution in [1.29, 1.82) is 0 Å². The Labute approximate surface area is 173 Å². The lowest BCUT2D eigenvalue weighted by molar-refractivity contribution is 0.0694. The number of carbonyl (C=O) groups is 1. The molecule has 8 nitrogen and oxygen atoms in total. The van der Waals surface area contributed by atoms with E-state index >= 15 is 0 Å². The van der Waals surface area contributed by atoms with E-state index in [9.17, 15) is 13.2 Å². The average Bonchev–Trinajstić information content (AvgIpc) is 3.30. The van der Waals surface area contributed by atoms with Crippen molar-refractivity contribution in [3.05, 3.63) is 29.3 Å². The fourth-order valence-corrected chi connectivity index (χ4v) is 6.05. The zero-order valence-electron chi connectivity index (χ0n) is 17.0. The van der Waals surface area contributed by atoms with Gasteiger partial charge in [-0.05, 0) is 37.5 Å². The second-order valence-electron chi connectivity index (χ2n) is 7.85. The maximum absolute atomic E-state index is 13.2. The van der Waals surface area contributed by atoms with Gasteiger partial charge in [-0.15, -0.1) is 0 Å². The maximum Gasteiger partial charge on any atom is 0.282 e. The summed E-state index contributed by atoms with van der Waals surface area (Å²) in [5.74, 6) is -0.0178. The number of amides is 1. The highest BCUT2D eigenvalue weighted by molar-refractivity contribution is 7.86. The molecule has 29 heavy (non-hydrogen) atoms. The number of carbonyl (C=O) groups excluding carboxylic acids is 1. The van der Waals surface area contributed by atoms with Crippen molar-refractivity contribution in [2.45, 2.75) is 19.8 Å². The molecule has 9 heteroatoms. The largest absolute Gasteiger partial charge is 0.378 e. The Bertz CT molecular complexity index is 840. The van der Waals surface area contributed by atoms with Crippen LogP contribution in [-0.2, 0) is 14.9 Å². The predicted octanol–water partition coefficient (Wildman–Crippen LogP) is 0.930. The van der Waals surface area contributed by atoms with Crippen molar-refractivity contribution in [3.63, 3.8) is 0 Å². The Morgan fingerprint density at radius 2 is 1.52 bits per heavy atom. The van der Waals surface area contributed by atoms with E-state index in [4.69, 9.17) is 4.74 Å². The zero-order chi connectivity index (χ0) is 20.4. The van der Waals surface area contributed by atoms with E-state index in [1.54, 1.807) is 9.21 Å². The van der Waals surface area contributed by atoms with E-state index < -0.39 is 10.2 Å². The average molecular weight is 423 g/mol. The van der Waals surface area contributed by atoms with E-state index in [1.165, 1.54) is 4.31 Å². The highest BCUT2D eigenvalue weighted by Crippen LogP contribution is 2.26. The van der Waals surface area contributed by atoms with Gasteiger partial charge in [0.1, 0.15) is 0 Å². The second-order valence-corrected chi connectivity index (χ2v) is 9.78. The van der Waals surface area contributed by atoms with Gasteiger partial charge in [0.25, 0.3) is 16.1 Å². The van der Waals surface area contributed by atoms with Gasteiger partial charge in [0.15, 0.2) is 0 Å². The van der Waals surface area contributed by atoms with E-state index in [2.05, 4.69) is 11.0 Å². The standard InChI is InChI=1S/C20H30N4O4S/c1-17-18(5-4-6-19(17)21-13-15-28-16-14-21)20(25)22-9-11-24(12-10-22)29(26,27)23-7-2-3-8-23/h4-6H,2-3,7-16H2,1H3. The molecule has 0 bridgehead atoms. The first kappa shape index (κ1) is 20.6. The summed E-state index contributed by atoms with van der Waals surface area (Å²) in [6.45, 7) is 7.81. The highest BCUT2D eigenvalue weighted by atomic mass is 32.2. The van der Waals surface area contributed by atoms with E-state index in [0.29, 0.717) is 58.0 Å². The fourth-order valence-electron chi connectivity index (χ4n) is 4.38. The Kier molecular flexibility index (Phi) is 6.10. The van der Waals surface area contributed by atoms with E-state index in [1.807, 2.05) is 19.1 Å². The van der Waals surface area contributed by atoms with Crippen molar-refractivity contribution < 1.29 is 17.9 Å². The fraction of sp³-hybridized carbons (Fsp3) is 0.650. The van der Waals surface area contributed by atoms with Crippen molar-refractivity contribution in [2.24, 2.45) is 0 Å². The first-order chi connectivity index (χ1) is 14.0. The number of hydrogen-bond donors (Lipinski definition) is 0. The molecule has 3 aliphatic rings. The molecule has 3 aliphatic heterocycles. The number of morpholine rings is 1. The Balaban J connectivity index is 1.43. The summed E-state index contributed by atoms with van der Waals surface area (Å²) in [5.41, 5.74) is 2.76. The molecular weight excluding hydrogens is 392 g/mol. The third-order valence-corrected chi connectivity index (χ3v) is 8.17. The number of ether oxygens (including phenoxy) is 1. The molecule has 1 amide bonds. The molecule has 3 saturated heterocycles. The molecule has 0 aliphatic carbocycles. The first-order valence-corrected chi connectivity index (χ1v) is 11.8. The molecule has 1 aromatic rings. The van der Waals surface area contributed by atoms with Crippen LogP contribution in [-0.4, -0.2) is 93.4 Å². The molecule has 0 N–H and O–H groups in total. The maximum atomic E-state index is 13.2. The summed E-state index contributed by atoms with van der Waals surface area (Å²) < 4.78 is 34.0. The van der Waals surface area contributed by atoms with Crippen LogP contribution in [0.25, 0.3) is 0 Å². The predicted molar refractivity (Wildman–Crippen MR) is 111 cm³/mol. The molecule has 3 fully saturated rings. The molecule has 0 saturated carbocycles. The topological polar surface area (TPSA) is 73.4 Å². The number of rotatable bonds is 4. The quantitative estimate of drug-likeness (QED) is 0.722. The lowest BCUT2D eigenvalue weighted by Gasteiger charge is -2.36. The van der Waals surface area contributed by atoms with Crippen molar-refractivity contribution in [1.82, 2.24) is 13.5 Å². The zero-order valence-corrected chi connectivity index (χ0v) is 17.9. The Morgan fingerprint density at radius 3 is 2.17 bits per heavy atom. The van der Waals surface area contributed by atoms with Crippen LogP contribution in [0.4, 0.5) is 5.69 Å². The molecule has 0 radical (unpaired) electrons. The summed E-state index contributed by atoms with van der Waals surface area (Å²) in [7, 11) is -3.39. The highest BCUT2D eigenvalue weighted by Gasteiger charge is 2.35. The van der Waals surface area contributed by atoms with Crippen LogP contribution in [0.3, 0.4) is 0 Å². The van der Waals surface area contributed by atoms with E-state index in [0.717, 1.165) is 37.2 Å². The van der Waals surface area contributed by atoms with Crippen molar-refractivity contribution in [3.8, 4) is 0 Å². The van der Waals surface area contributed by atoms with Crippen molar-refractivity contribution in [2.75, 3.05) is 70.5 Å². The van der Waals surface area contributed by atoms with Gasteiger partial charge in [-0.3, -0.25) is 4.79 Å². The number of benzene rings is 1. The molecule has 0 atom stereocenters. The molecule has 3 heterocycles. The molecule has 0 aromatic heterocycles. The van der Waals surface area contributed by atoms with E-state index in [-0.39, 0.29) is 5.91 Å². The SMILES string of the molecule is Cc1c(C(=O)N2CCN(S(=O)(=O)N3CCCC3)CC2)cccc1N1CCOCC1. The van der Waals surface area contributed by atoms with Crippen LogP contribution >= 0.6 is 0 Å². The Hall–Kier alpha value is -1.68. The molecule has 1 aromatic carbocycles. The lowest BCUT2D eigenvalue weighted by Crippen LogP contribution is -2.53. The molecular formula is C20H30N4O4S. The smallest absolute Gasteiger partial charge is 0.282 e. The van der Waals surface area contributed by atoms with Gasteiger partial charge in [-0.1, -0.05) is 6.07 Å². The molecule has 0 spiro atoms. The van der Waals surface area contributed by atoms with Gasteiger partial charge >= 0.3 is 0 Å². The van der Waals surface area contributed by atoms with Gasteiger partial charge < -0.3 is 14.5 Å². The normalized spacial score (nSPS) is 22.2. The number of hydrogen-bond acceptors (Lipinski definition) is 5.